The SMILES string of the molecule is Cc1nc2ccccn2c1CNc1c(F)cc(F)cc1Br. The second-order valence-corrected chi connectivity index (χ2v) is 5.53. The van der Waals surface area contributed by atoms with Crippen molar-refractivity contribution in [2.24, 2.45) is 0 Å². The molecule has 0 unspecified atom stereocenters. The van der Waals surface area contributed by atoms with Crippen LogP contribution in [-0.4, -0.2) is 9.38 Å². The van der Waals surface area contributed by atoms with E-state index in [0.29, 0.717) is 11.0 Å². The Morgan fingerprint density at radius 2 is 2.10 bits per heavy atom. The van der Waals surface area contributed by atoms with Crippen LogP contribution in [0.15, 0.2) is 41.0 Å². The summed E-state index contributed by atoms with van der Waals surface area (Å²) in [4.78, 5) is 4.44. The van der Waals surface area contributed by atoms with E-state index in [-0.39, 0.29) is 5.69 Å². The molecule has 0 bridgehead atoms. The van der Waals surface area contributed by atoms with E-state index in [0.717, 1.165) is 23.1 Å². The fourth-order valence-electron chi connectivity index (χ4n) is 2.26. The Bertz CT molecular complexity index is 791. The van der Waals surface area contributed by atoms with Crippen molar-refractivity contribution in [3.05, 3.63) is 64.0 Å². The quantitative estimate of drug-likeness (QED) is 0.762. The molecule has 3 rings (SSSR count). The van der Waals surface area contributed by atoms with Crippen LogP contribution in [0, 0.1) is 18.6 Å². The molecule has 2 heterocycles. The second kappa shape index (κ2) is 5.44. The first-order valence-electron chi connectivity index (χ1n) is 6.37. The summed E-state index contributed by atoms with van der Waals surface area (Å²) in [5.41, 5.74) is 2.88. The van der Waals surface area contributed by atoms with E-state index < -0.39 is 11.6 Å². The summed E-state index contributed by atoms with van der Waals surface area (Å²) in [6, 6.07) is 7.81. The van der Waals surface area contributed by atoms with Crippen molar-refractivity contribution >= 4 is 27.3 Å². The average molecular weight is 352 g/mol. The van der Waals surface area contributed by atoms with Gasteiger partial charge in [-0.1, -0.05) is 6.07 Å². The van der Waals surface area contributed by atoms with Gasteiger partial charge in [0.2, 0.25) is 0 Å². The number of fused-ring (bicyclic) bond motifs is 1. The van der Waals surface area contributed by atoms with Crippen molar-refractivity contribution in [2.75, 3.05) is 5.32 Å². The molecule has 3 nitrogen and oxygen atoms in total. The Hall–Kier alpha value is -1.95. The molecule has 1 N–H and O–H groups in total. The second-order valence-electron chi connectivity index (χ2n) is 4.67. The van der Waals surface area contributed by atoms with Crippen LogP contribution in [0.2, 0.25) is 0 Å². The van der Waals surface area contributed by atoms with Gasteiger partial charge in [0, 0.05) is 16.7 Å². The maximum atomic E-state index is 13.8. The van der Waals surface area contributed by atoms with Crippen LogP contribution in [0.5, 0.6) is 0 Å². The Balaban J connectivity index is 1.92. The molecular formula is C15H12BrF2N3. The number of halogens is 3. The number of nitrogens with one attached hydrogen (secondary N) is 1. The lowest BCUT2D eigenvalue weighted by Gasteiger charge is -2.10. The molecule has 0 fully saturated rings. The maximum Gasteiger partial charge on any atom is 0.150 e. The Kier molecular flexibility index (Phi) is 3.63. The molecule has 3 aromatic rings. The fraction of sp³-hybridized carbons (Fsp3) is 0.133. The van der Waals surface area contributed by atoms with Gasteiger partial charge in [0.05, 0.1) is 23.6 Å². The number of hydrogen-bond donors (Lipinski definition) is 1. The molecule has 108 valence electrons. The zero-order chi connectivity index (χ0) is 15.0. The predicted molar refractivity (Wildman–Crippen MR) is 81.3 cm³/mol. The highest BCUT2D eigenvalue weighted by molar-refractivity contribution is 9.10. The van der Waals surface area contributed by atoms with Crippen molar-refractivity contribution in [1.82, 2.24) is 9.38 Å². The highest BCUT2D eigenvalue weighted by Gasteiger charge is 2.12. The number of aromatic nitrogens is 2. The summed E-state index contributed by atoms with van der Waals surface area (Å²) >= 11 is 3.17. The van der Waals surface area contributed by atoms with Gasteiger partial charge in [0.1, 0.15) is 17.3 Å². The van der Waals surface area contributed by atoms with Crippen LogP contribution in [0.25, 0.3) is 5.65 Å². The highest BCUT2D eigenvalue weighted by atomic mass is 79.9. The first-order valence-corrected chi connectivity index (χ1v) is 7.16. The first-order chi connectivity index (χ1) is 10.1. The zero-order valence-corrected chi connectivity index (χ0v) is 12.8. The predicted octanol–water partition coefficient (Wildman–Crippen LogP) is 4.30. The van der Waals surface area contributed by atoms with E-state index in [9.17, 15) is 8.78 Å². The third-order valence-corrected chi connectivity index (χ3v) is 3.89. The highest BCUT2D eigenvalue weighted by Crippen LogP contribution is 2.27. The van der Waals surface area contributed by atoms with Crippen molar-refractivity contribution in [2.45, 2.75) is 13.5 Å². The minimum Gasteiger partial charge on any atom is -0.376 e. The molecule has 0 saturated heterocycles. The third kappa shape index (κ3) is 2.63. The first kappa shape index (κ1) is 14.0. The van der Waals surface area contributed by atoms with E-state index in [1.807, 2.05) is 35.7 Å². The van der Waals surface area contributed by atoms with Crippen LogP contribution < -0.4 is 5.32 Å². The number of nitrogens with zero attached hydrogens (tertiary/aromatic N) is 2. The molecule has 0 amide bonds. The molecule has 1 aromatic carbocycles. The molecule has 0 saturated carbocycles. The van der Waals surface area contributed by atoms with Gasteiger partial charge in [-0.3, -0.25) is 0 Å². The van der Waals surface area contributed by atoms with Gasteiger partial charge in [0.15, 0.2) is 0 Å². The molecule has 0 aliphatic rings. The van der Waals surface area contributed by atoms with Crippen LogP contribution >= 0.6 is 15.9 Å². The topological polar surface area (TPSA) is 29.3 Å². The lowest BCUT2D eigenvalue weighted by Crippen LogP contribution is -2.06. The van der Waals surface area contributed by atoms with Crippen LogP contribution in [0.3, 0.4) is 0 Å². The largest absolute Gasteiger partial charge is 0.376 e. The molecule has 0 atom stereocenters. The van der Waals surface area contributed by atoms with Crippen molar-refractivity contribution < 1.29 is 8.78 Å². The molecule has 6 heteroatoms. The average Bonchev–Trinajstić information content (AvgIpc) is 2.73. The van der Waals surface area contributed by atoms with E-state index in [2.05, 4.69) is 26.2 Å². The zero-order valence-electron chi connectivity index (χ0n) is 11.2. The number of rotatable bonds is 3. The number of pyridine rings is 1. The van der Waals surface area contributed by atoms with Gasteiger partial charge in [-0.05, 0) is 41.1 Å². The maximum absolute atomic E-state index is 13.8. The van der Waals surface area contributed by atoms with Crippen LogP contribution in [0.4, 0.5) is 14.5 Å². The number of anilines is 1. The summed E-state index contributed by atoms with van der Waals surface area (Å²) in [6.45, 7) is 2.29. The number of imidazole rings is 1. The molecule has 2 aromatic heterocycles. The third-order valence-electron chi connectivity index (χ3n) is 3.27. The summed E-state index contributed by atoms with van der Waals surface area (Å²) in [5.74, 6) is -1.25. The van der Waals surface area contributed by atoms with Crippen molar-refractivity contribution in [3.63, 3.8) is 0 Å². The minimum absolute atomic E-state index is 0.238. The lowest BCUT2D eigenvalue weighted by molar-refractivity contribution is 0.583. The molecular weight excluding hydrogens is 340 g/mol. The number of hydrogen-bond acceptors (Lipinski definition) is 2. The molecule has 21 heavy (non-hydrogen) atoms. The van der Waals surface area contributed by atoms with Crippen LogP contribution in [-0.2, 0) is 6.54 Å². The van der Waals surface area contributed by atoms with E-state index in [4.69, 9.17) is 0 Å². The summed E-state index contributed by atoms with van der Waals surface area (Å²) in [5, 5.41) is 2.99. The molecule has 0 radical (unpaired) electrons. The number of aryl methyl sites for hydroxylation is 1. The van der Waals surface area contributed by atoms with Crippen molar-refractivity contribution in [3.8, 4) is 0 Å². The fourth-order valence-corrected chi connectivity index (χ4v) is 2.81. The Labute approximate surface area is 128 Å². The lowest BCUT2D eigenvalue weighted by atomic mass is 10.2. The van der Waals surface area contributed by atoms with Gasteiger partial charge in [0.25, 0.3) is 0 Å². The minimum atomic E-state index is -0.631. The molecule has 0 aliphatic heterocycles. The molecule has 0 aliphatic carbocycles. The van der Waals surface area contributed by atoms with Gasteiger partial charge >= 0.3 is 0 Å². The van der Waals surface area contributed by atoms with Gasteiger partial charge in [-0.2, -0.15) is 0 Å². The van der Waals surface area contributed by atoms with E-state index in [1.165, 1.54) is 6.07 Å². The number of benzene rings is 1. The Morgan fingerprint density at radius 3 is 2.86 bits per heavy atom. The van der Waals surface area contributed by atoms with Gasteiger partial charge in [-0.15, -0.1) is 0 Å². The standard InChI is InChI=1S/C15H12BrF2N3/c1-9-13(21-5-3-2-4-14(21)20-9)8-19-15-11(16)6-10(17)7-12(15)18/h2-7,19H,8H2,1H3. The van der Waals surface area contributed by atoms with Crippen LogP contribution in [0.1, 0.15) is 11.4 Å². The van der Waals surface area contributed by atoms with Crippen molar-refractivity contribution in [1.29, 1.82) is 0 Å². The molecule has 0 spiro atoms. The normalized spacial score (nSPS) is 11.0. The van der Waals surface area contributed by atoms with Gasteiger partial charge in [-0.25, -0.2) is 13.8 Å². The summed E-state index contributed by atoms with van der Waals surface area (Å²) in [6.07, 6.45) is 1.91. The van der Waals surface area contributed by atoms with E-state index >= 15 is 0 Å². The van der Waals surface area contributed by atoms with E-state index in [1.54, 1.807) is 0 Å². The summed E-state index contributed by atoms with van der Waals surface area (Å²) in [7, 11) is 0. The Morgan fingerprint density at radius 1 is 1.29 bits per heavy atom. The summed E-state index contributed by atoms with van der Waals surface area (Å²) < 4.78 is 29.2. The van der Waals surface area contributed by atoms with Gasteiger partial charge < -0.3 is 9.72 Å². The smallest absolute Gasteiger partial charge is 0.150 e. The monoisotopic (exact) mass is 351 g/mol.